The van der Waals surface area contributed by atoms with E-state index < -0.39 is 6.04 Å². The molecule has 1 aliphatic rings. The van der Waals surface area contributed by atoms with Crippen LogP contribution in [0.2, 0.25) is 10.0 Å². The molecule has 7 heteroatoms. The summed E-state index contributed by atoms with van der Waals surface area (Å²) >= 11 is 14.4. The van der Waals surface area contributed by atoms with Crippen LogP contribution in [0.15, 0.2) is 42.5 Å². The van der Waals surface area contributed by atoms with Gasteiger partial charge in [0.15, 0.2) is 0 Å². The minimum atomic E-state index is -0.564. The second-order valence-electron chi connectivity index (χ2n) is 8.61. The van der Waals surface area contributed by atoms with E-state index in [1.807, 2.05) is 6.92 Å². The summed E-state index contributed by atoms with van der Waals surface area (Å²) in [5.41, 5.74) is 3.05. The lowest BCUT2D eigenvalue weighted by Crippen LogP contribution is -2.51. The summed E-state index contributed by atoms with van der Waals surface area (Å²) in [5, 5.41) is 4.16. The second kappa shape index (κ2) is 12.7. The number of halogens is 2. The normalized spacial score (nSPS) is 14.8. The molecule has 1 saturated carbocycles. The van der Waals surface area contributed by atoms with Crippen molar-refractivity contribution in [3.05, 3.63) is 69.2 Å². The molecule has 0 radical (unpaired) electrons. The first kappa shape index (κ1) is 25.9. The summed E-state index contributed by atoms with van der Waals surface area (Å²) in [5.74, 6) is 0.835. The van der Waals surface area contributed by atoms with Crippen molar-refractivity contribution in [3.63, 3.8) is 0 Å². The molecular formula is C26H32Cl2N2O2S. The first-order valence-corrected chi connectivity index (χ1v) is 13.5. The fourth-order valence-corrected chi connectivity index (χ4v) is 5.55. The highest BCUT2D eigenvalue weighted by Crippen LogP contribution is 2.28. The van der Waals surface area contributed by atoms with Gasteiger partial charge in [-0.2, -0.15) is 0 Å². The lowest BCUT2D eigenvalue weighted by Gasteiger charge is -2.32. The van der Waals surface area contributed by atoms with E-state index in [2.05, 4.69) is 36.5 Å². The van der Waals surface area contributed by atoms with E-state index in [9.17, 15) is 9.59 Å². The SMILES string of the molecule is CCC(C(=O)NC1CCCC1)N(Cc1c(Cl)cccc1Cl)C(=O)CSCc1ccc(C)cc1. The third-order valence-electron chi connectivity index (χ3n) is 6.09. The summed E-state index contributed by atoms with van der Waals surface area (Å²) in [7, 11) is 0. The molecule has 1 aliphatic carbocycles. The molecule has 1 unspecified atom stereocenters. The van der Waals surface area contributed by atoms with Gasteiger partial charge in [-0.1, -0.05) is 78.9 Å². The monoisotopic (exact) mass is 506 g/mol. The van der Waals surface area contributed by atoms with Gasteiger partial charge >= 0.3 is 0 Å². The van der Waals surface area contributed by atoms with Crippen LogP contribution in [0.3, 0.4) is 0 Å². The maximum absolute atomic E-state index is 13.4. The van der Waals surface area contributed by atoms with Gasteiger partial charge in [0.2, 0.25) is 11.8 Å². The lowest BCUT2D eigenvalue weighted by molar-refractivity contribution is -0.139. The first-order chi connectivity index (χ1) is 15.9. The summed E-state index contributed by atoms with van der Waals surface area (Å²) in [4.78, 5) is 28.2. The maximum Gasteiger partial charge on any atom is 0.243 e. The van der Waals surface area contributed by atoms with E-state index >= 15 is 0 Å². The number of hydrogen-bond acceptors (Lipinski definition) is 3. The maximum atomic E-state index is 13.4. The average molecular weight is 508 g/mol. The first-order valence-electron chi connectivity index (χ1n) is 11.5. The minimum Gasteiger partial charge on any atom is -0.352 e. The summed E-state index contributed by atoms with van der Waals surface area (Å²) < 4.78 is 0. The van der Waals surface area contributed by atoms with Crippen LogP contribution in [-0.4, -0.2) is 34.6 Å². The van der Waals surface area contributed by atoms with Gasteiger partial charge < -0.3 is 10.2 Å². The summed E-state index contributed by atoms with van der Waals surface area (Å²) in [6.07, 6.45) is 4.79. The molecule has 1 N–H and O–H groups in total. The molecule has 4 nitrogen and oxygen atoms in total. The Morgan fingerprint density at radius 2 is 1.73 bits per heavy atom. The molecule has 1 atom stereocenters. The number of hydrogen-bond donors (Lipinski definition) is 1. The fraction of sp³-hybridized carbons (Fsp3) is 0.462. The number of nitrogens with zero attached hydrogens (tertiary/aromatic N) is 1. The van der Waals surface area contributed by atoms with Crippen LogP contribution >= 0.6 is 35.0 Å². The minimum absolute atomic E-state index is 0.0866. The molecule has 2 aromatic carbocycles. The molecule has 0 heterocycles. The Labute approximate surface area is 211 Å². The molecule has 1 fully saturated rings. The van der Waals surface area contributed by atoms with Gasteiger partial charge in [-0.3, -0.25) is 9.59 Å². The molecule has 2 amide bonds. The number of thioether (sulfide) groups is 1. The highest BCUT2D eigenvalue weighted by Gasteiger charge is 2.31. The van der Waals surface area contributed by atoms with Crippen molar-refractivity contribution >= 4 is 46.8 Å². The van der Waals surface area contributed by atoms with Crippen molar-refractivity contribution in [2.24, 2.45) is 0 Å². The van der Waals surface area contributed by atoms with Crippen molar-refractivity contribution in [2.75, 3.05) is 5.75 Å². The van der Waals surface area contributed by atoms with Crippen LogP contribution in [-0.2, 0) is 21.9 Å². The van der Waals surface area contributed by atoms with E-state index in [4.69, 9.17) is 23.2 Å². The zero-order valence-corrected chi connectivity index (χ0v) is 21.6. The molecule has 0 saturated heterocycles. The smallest absolute Gasteiger partial charge is 0.243 e. The van der Waals surface area contributed by atoms with Crippen molar-refractivity contribution in [1.29, 1.82) is 0 Å². The number of carbonyl (C=O) groups is 2. The largest absolute Gasteiger partial charge is 0.352 e. The number of benzene rings is 2. The molecule has 0 spiro atoms. The molecule has 178 valence electrons. The number of amides is 2. The standard InChI is InChI=1S/C26H32Cl2N2O2S/c1-3-24(26(32)29-20-7-4-5-8-20)30(15-21-22(27)9-6-10-23(21)28)25(31)17-33-16-19-13-11-18(2)12-14-19/h6,9-14,20,24H,3-5,7-8,15-17H2,1-2H3,(H,29,32). The highest BCUT2D eigenvalue weighted by molar-refractivity contribution is 7.99. The Balaban J connectivity index is 1.74. The molecule has 0 aliphatic heterocycles. The number of carbonyl (C=O) groups excluding carboxylic acids is 2. The van der Waals surface area contributed by atoms with E-state index in [1.54, 1.807) is 34.9 Å². The molecule has 3 rings (SSSR count). The number of aryl methyl sites for hydroxylation is 1. The predicted molar refractivity (Wildman–Crippen MR) is 139 cm³/mol. The van der Waals surface area contributed by atoms with E-state index in [0.717, 1.165) is 31.4 Å². The average Bonchev–Trinajstić information content (AvgIpc) is 3.30. The van der Waals surface area contributed by atoms with Crippen LogP contribution in [0.25, 0.3) is 0 Å². The quantitative estimate of drug-likeness (QED) is 0.405. The van der Waals surface area contributed by atoms with E-state index in [-0.39, 0.29) is 30.2 Å². The van der Waals surface area contributed by atoms with Crippen LogP contribution in [0.1, 0.15) is 55.7 Å². The Morgan fingerprint density at radius 3 is 2.33 bits per heavy atom. The molecular weight excluding hydrogens is 475 g/mol. The number of rotatable bonds is 10. The van der Waals surface area contributed by atoms with Gasteiger partial charge in [-0.25, -0.2) is 0 Å². The lowest BCUT2D eigenvalue weighted by atomic mass is 10.1. The van der Waals surface area contributed by atoms with E-state index in [0.29, 0.717) is 22.0 Å². The van der Waals surface area contributed by atoms with Gasteiger partial charge in [-0.15, -0.1) is 11.8 Å². The topological polar surface area (TPSA) is 49.4 Å². The van der Waals surface area contributed by atoms with Gasteiger partial charge in [0.25, 0.3) is 0 Å². The van der Waals surface area contributed by atoms with Gasteiger partial charge in [0.1, 0.15) is 6.04 Å². The Morgan fingerprint density at radius 1 is 1.09 bits per heavy atom. The van der Waals surface area contributed by atoms with Gasteiger partial charge in [0.05, 0.1) is 5.75 Å². The van der Waals surface area contributed by atoms with Gasteiger partial charge in [-0.05, 0) is 43.9 Å². The molecule has 33 heavy (non-hydrogen) atoms. The van der Waals surface area contributed by atoms with Gasteiger partial charge in [0, 0.05) is 33.9 Å². The Bertz CT molecular complexity index is 926. The van der Waals surface area contributed by atoms with Crippen molar-refractivity contribution in [3.8, 4) is 0 Å². The van der Waals surface area contributed by atoms with Crippen LogP contribution in [0.5, 0.6) is 0 Å². The zero-order chi connectivity index (χ0) is 23.8. The van der Waals surface area contributed by atoms with Crippen molar-refractivity contribution in [1.82, 2.24) is 10.2 Å². The molecule has 0 bridgehead atoms. The Hall–Kier alpha value is -1.69. The van der Waals surface area contributed by atoms with Crippen LogP contribution in [0, 0.1) is 6.92 Å². The molecule has 2 aromatic rings. The summed E-state index contributed by atoms with van der Waals surface area (Å²) in [6, 6.07) is 13.2. The van der Waals surface area contributed by atoms with Crippen LogP contribution in [0.4, 0.5) is 0 Å². The third-order valence-corrected chi connectivity index (χ3v) is 7.79. The number of nitrogens with one attached hydrogen (secondary N) is 1. The predicted octanol–water partition coefficient (Wildman–Crippen LogP) is 6.40. The second-order valence-corrected chi connectivity index (χ2v) is 10.4. The Kier molecular flexibility index (Phi) is 9.96. The molecule has 0 aromatic heterocycles. The van der Waals surface area contributed by atoms with Crippen molar-refractivity contribution in [2.45, 2.75) is 70.3 Å². The summed E-state index contributed by atoms with van der Waals surface area (Å²) in [6.45, 7) is 4.20. The highest BCUT2D eigenvalue weighted by atomic mass is 35.5. The van der Waals surface area contributed by atoms with E-state index in [1.165, 1.54) is 11.1 Å². The zero-order valence-electron chi connectivity index (χ0n) is 19.3. The van der Waals surface area contributed by atoms with Crippen molar-refractivity contribution < 1.29 is 9.59 Å². The van der Waals surface area contributed by atoms with Crippen LogP contribution < -0.4 is 5.32 Å². The third kappa shape index (κ3) is 7.40. The fourth-order valence-electron chi connectivity index (χ4n) is 4.16.